The van der Waals surface area contributed by atoms with Crippen LogP contribution in [0.2, 0.25) is 5.02 Å². The number of phenolic OH excluding ortho intramolecular Hbond substituents is 1. The third kappa shape index (κ3) is 5.19. The molecule has 1 heterocycles. The molecule has 0 bridgehead atoms. The summed E-state index contributed by atoms with van der Waals surface area (Å²) < 4.78 is 11.1. The number of Topliss-reactive ketones (excluding diaryl/α,β-unsaturated/α-hetero) is 1. The SMILES string of the molecule is CCOc1cc(C2/C(=C(\O)c3cc(C(C)(C)C)ccc3OC)C(=O)C(=O)N2c2ccc(C)c(Cl)c2)ccc1O. The highest BCUT2D eigenvalue weighted by molar-refractivity contribution is 6.52. The molecule has 1 fully saturated rings. The second-order valence-electron chi connectivity index (χ2n) is 10.4. The van der Waals surface area contributed by atoms with Gasteiger partial charge in [-0.3, -0.25) is 14.5 Å². The number of ether oxygens (including phenoxy) is 2. The second kappa shape index (κ2) is 10.7. The fourth-order valence-electron chi connectivity index (χ4n) is 4.62. The molecule has 1 amide bonds. The number of carbonyl (C=O) groups excluding carboxylic acids is 2. The van der Waals surface area contributed by atoms with Crippen molar-refractivity contribution < 1.29 is 29.3 Å². The zero-order valence-electron chi connectivity index (χ0n) is 22.8. The maximum Gasteiger partial charge on any atom is 0.300 e. The Hall–Kier alpha value is -3.97. The Bertz CT molecular complexity index is 1490. The van der Waals surface area contributed by atoms with Crippen LogP contribution in [0.4, 0.5) is 5.69 Å². The highest BCUT2D eigenvalue weighted by Crippen LogP contribution is 2.46. The maximum absolute atomic E-state index is 13.6. The minimum atomic E-state index is -1.04. The number of methoxy groups -OCH3 is 1. The van der Waals surface area contributed by atoms with E-state index in [-0.39, 0.29) is 28.2 Å². The summed E-state index contributed by atoms with van der Waals surface area (Å²) >= 11 is 6.40. The first-order valence-electron chi connectivity index (χ1n) is 12.6. The molecule has 0 aliphatic carbocycles. The molecular formula is C31H32ClNO6. The predicted molar refractivity (Wildman–Crippen MR) is 152 cm³/mol. The van der Waals surface area contributed by atoms with Crippen LogP contribution in [0.5, 0.6) is 17.2 Å². The number of amides is 1. The minimum absolute atomic E-state index is 0.0875. The average molecular weight is 550 g/mol. The third-order valence-corrected chi connectivity index (χ3v) is 7.21. The largest absolute Gasteiger partial charge is 0.507 e. The van der Waals surface area contributed by atoms with Crippen molar-refractivity contribution in [2.45, 2.75) is 46.1 Å². The molecule has 3 aromatic rings. The van der Waals surface area contributed by atoms with Gasteiger partial charge in [0.05, 0.1) is 30.9 Å². The fraction of sp³-hybridized carbons (Fsp3) is 0.290. The van der Waals surface area contributed by atoms with Crippen LogP contribution in [0.1, 0.15) is 56.0 Å². The van der Waals surface area contributed by atoms with Crippen molar-refractivity contribution in [3.8, 4) is 17.2 Å². The van der Waals surface area contributed by atoms with E-state index in [0.717, 1.165) is 11.1 Å². The van der Waals surface area contributed by atoms with Gasteiger partial charge in [0.1, 0.15) is 11.5 Å². The Balaban J connectivity index is 2.03. The predicted octanol–water partition coefficient (Wildman–Crippen LogP) is 6.69. The number of anilines is 1. The molecule has 8 heteroatoms. The molecule has 0 saturated carbocycles. The number of aliphatic hydroxyl groups is 1. The standard InChI is InChI=1S/C31H32ClNO6/c1-7-39-25-14-18(9-12-23(25)34)27-26(28(35)21-15-19(31(3,4)5)10-13-24(21)38-6)29(36)30(37)33(27)20-11-8-17(2)22(32)16-20/h8-16,27,34-35H,7H2,1-6H3/b28-26+. The summed E-state index contributed by atoms with van der Waals surface area (Å²) in [7, 11) is 1.47. The van der Waals surface area contributed by atoms with Crippen LogP contribution >= 0.6 is 11.6 Å². The van der Waals surface area contributed by atoms with Crippen molar-refractivity contribution in [1.82, 2.24) is 0 Å². The van der Waals surface area contributed by atoms with Crippen molar-refractivity contribution in [3.63, 3.8) is 0 Å². The molecular weight excluding hydrogens is 518 g/mol. The van der Waals surface area contributed by atoms with E-state index in [1.165, 1.54) is 18.1 Å². The number of aromatic hydroxyl groups is 1. The van der Waals surface area contributed by atoms with Crippen LogP contribution in [-0.4, -0.2) is 35.6 Å². The number of ketones is 1. The summed E-state index contributed by atoms with van der Waals surface area (Å²) in [5.74, 6) is -1.59. The molecule has 2 N–H and O–H groups in total. The van der Waals surface area contributed by atoms with Gasteiger partial charge in [-0.2, -0.15) is 0 Å². The number of aryl methyl sites for hydroxylation is 1. The van der Waals surface area contributed by atoms with E-state index in [9.17, 15) is 19.8 Å². The molecule has 1 aliphatic heterocycles. The van der Waals surface area contributed by atoms with Crippen molar-refractivity contribution in [2.24, 2.45) is 0 Å². The van der Waals surface area contributed by atoms with Crippen LogP contribution in [0, 0.1) is 6.92 Å². The molecule has 7 nitrogen and oxygen atoms in total. The molecule has 0 aromatic heterocycles. The fourth-order valence-corrected chi connectivity index (χ4v) is 4.80. The van der Waals surface area contributed by atoms with Crippen molar-refractivity contribution in [3.05, 3.63) is 87.4 Å². The third-order valence-electron chi connectivity index (χ3n) is 6.80. The second-order valence-corrected chi connectivity index (χ2v) is 10.8. The molecule has 1 atom stereocenters. The molecule has 0 spiro atoms. The number of aliphatic hydroxyl groups excluding tert-OH is 1. The molecule has 204 valence electrons. The zero-order chi connectivity index (χ0) is 28.6. The number of hydrogen-bond donors (Lipinski definition) is 2. The van der Waals surface area contributed by atoms with Gasteiger partial charge in [0.2, 0.25) is 0 Å². The van der Waals surface area contributed by atoms with Crippen LogP contribution in [0.3, 0.4) is 0 Å². The lowest BCUT2D eigenvalue weighted by atomic mass is 9.85. The molecule has 1 unspecified atom stereocenters. The van der Waals surface area contributed by atoms with E-state index in [2.05, 4.69) is 0 Å². The molecule has 1 saturated heterocycles. The van der Waals surface area contributed by atoms with Gasteiger partial charge in [-0.25, -0.2) is 0 Å². The van der Waals surface area contributed by atoms with Gasteiger partial charge in [-0.1, -0.05) is 50.6 Å². The normalized spacial score (nSPS) is 17.0. The Kier molecular flexibility index (Phi) is 7.66. The zero-order valence-corrected chi connectivity index (χ0v) is 23.6. The van der Waals surface area contributed by atoms with E-state index >= 15 is 0 Å². The average Bonchev–Trinajstić information content (AvgIpc) is 3.16. The summed E-state index contributed by atoms with van der Waals surface area (Å²) in [4.78, 5) is 28.5. The van der Waals surface area contributed by atoms with Gasteiger partial charge in [0.25, 0.3) is 11.7 Å². The number of benzene rings is 3. The van der Waals surface area contributed by atoms with Crippen molar-refractivity contribution >= 4 is 34.7 Å². The topological polar surface area (TPSA) is 96.3 Å². The lowest BCUT2D eigenvalue weighted by molar-refractivity contribution is -0.132. The van der Waals surface area contributed by atoms with Crippen LogP contribution in [0.15, 0.2) is 60.2 Å². The Labute approximate surface area is 233 Å². The van der Waals surface area contributed by atoms with Crippen LogP contribution in [0.25, 0.3) is 5.76 Å². The molecule has 39 heavy (non-hydrogen) atoms. The lowest BCUT2D eigenvalue weighted by Gasteiger charge is -2.26. The summed E-state index contributed by atoms with van der Waals surface area (Å²) in [6.45, 7) is 10.0. The van der Waals surface area contributed by atoms with E-state index in [4.69, 9.17) is 21.1 Å². The first kappa shape index (κ1) is 28.0. The first-order chi connectivity index (χ1) is 18.4. The van der Waals surface area contributed by atoms with Crippen LogP contribution < -0.4 is 14.4 Å². The highest BCUT2D eigenvalue weighted by atomic mass is 35.5. The monoisotopic (exact) mass is 549 g/mol. The first-order valence-corrected chi connectivity index (χ1v) is 13.0. The van der Waals surface area contributed by atoms with Gasteiger partial charge in [0, 0.05) is 10.7 Å². The summed E-state index contributed by atoms with van der Waals surface area (Å²) in [5, 5.41) is 22.5. The minimum Gasteiger partial charge on any atom is -0.507 e. The number of phenols is 1. The van der Waals surface area contributed by atoms with Gasteiger partial charge in [0.15, 0.2) is 11.5 Å². The summed E-state index contributed by atoms with van der Waals surface area (Å²) in [6, 6.07) is 14.0. The van der Waals surface area contributed by atoms with E-state index < -0.39 is 17.7 Å². The van der Waals surface area contributed by atoms with E-state index in [0.29, 0.717) is 34.2 Å². The van der Waals surface area contributed by atoms with E-state index in [1.807, 2.05) is 33.8 Å². The summed E-state index contributed by atoms with van der Waals surface area (Å²) in [6.07, 6.45) is 0. The number of halogens is 1. The maximum atomic E-state index is 13.6. The van der Waals surface area contributed by atoms with E-state index in [1.54, 1.807) is 49.4 Å². The molecule has 1 aliphatic rings. The van der Waals surface area contributed by atoms with Gasteiger partial charge < -0.3 is 19.7 Å². The quantitative estimate of drug-likeness (QED) is 0.202. The Morgan fingerprint density at radius 3 is 2.36 bits per heavy atom. The molecule has 3 aromatic carbocycles. The smallest absolute Gasteiger partial charge is 0.300 e. The van der Waals surface area contributed by atoms with Gasteiger partial charge >= 0.3 is 0 Å². The van der Waals surface area contributed by atoms with Crippen molar-refractivity contribution in [2.75, 3.05) is 18.6 Å². The Morgan fingerprint density at radius 2 is 1.74 bits per heavy atom. The number of nitrogens with zero attached hydrogens (tertiary/aromatic N) is 1. The van der Waals surface area contributed by atoms with Gasteiger partial charge in [-0.05, 0) is 72.4 Å². The number of rotatable bonds is 6. The van der Waals surface area contributed by atoms with Crippen LogP contribution in [-0.2, 0) is 15.0 Å². The molecule has 0 radical (unpaired) electrons. The molecule has 4 rings (SSSR count). The van der Waals surface area contributed by atoms with Crippen molar-refractivity contribution in [1.29, 1.82) is 0 Å². The highest BCUT2D eigenvalue weighted by Gasteiger charge is 2.47. The number of hydrogen-bond acceptors (Lipinski definition) is 6. The summed E-state index contributed by atoms with van der Waals surface area (Å²) in [5.41, 5.74) is 2.48. The lowest BCUT2D eigenvalue weighted by Crippen LogP contribution is -2.29. The number of carbonyl (C=O) groups is 2. The Morgan fingerprint density at radius 1 is 1.03 bits per heavy atom. The van der Waals surface area contributed by atoms with Gasteiger partial charge in [-0.15, -0.1) is 0 Å².